The number of carbonyl (C=O) groups excluding carboxylic acids is 2. The van der Waals surface area contributed by atoms with Crippen LogP contribution in [0.3, 0.4) is 0 Å². The summed E-state index contributed by atoms with van der Waals surface area (Å²) < 4.78 is 5.99. The van der Waals surface area contributed by atoms with Gasteiger partial charge in [0.2, 0.25) is 0 Å². The lowest BCUT2D eigenvalue weighted by atomic mass is 9.48. The molecule has 3 nitrogen and oxygen atoms in total. The number of rotatable bonds is 0. The van der Waals surface area contributed by atoms with Crippen molar-refractivity contribution >= 4 is 11.8 Å². The minimum Gasteiger partial charge on any atom is -0.458 e. The Hall–Kier alpha value is -1.38. The van der Waals surface area contributed by atoms with Crippen LogP contribution in [0.25, 0.3) is 0 Å². The van der Waals surface area contributed by atoms with E-state index >= 15 is 0 Å². The van der Waals surface area contributed by atoms with Gasteiger partial charge in [-0.2, -0.15) is 0 Å². The topological polar surface area (TPSA) is 43.4 Å². The van der Waals surface area contributed by atoms with E-state index in [4.69, 9.17) is 4.74 Å². The smallest absolute Gasteiger partial charge is 0.306 e. The van der Waals surface area contributed by atoms with Crippen LogP contribution in [0.15, 0.2) is 23.8 Å². The largest absolute Gasteiger partial charge is 0.458 e. The second-order valence-electron chi connectivity index (χ2n) is 9.60. The third kappa shape index (κ3) is 1.88. The van der Waals surface area contributed by atoms with Gasteiger partial charge in [0.1, 0.15) is 5.60 Å². The van der Waals surface area contributed by atoms with Crippen molar-refractivity contribution in [1.82, 2.24) is 0 Å². The molecule has 2 saturated carbocycles. The minimum absolute atomic E-state index is 0.00570. The maximum absolute atomic E-state index is 11.9. The van der Waals surface area contributed by atoms with Crippen molar-refractivity contribution in [3.8, 4) is 0 Å². The Balaban J connectivity index is 1.53. The highest BCUT2D eigenvalue weighted by Gasteiger charge is 2.66. The molecule has 5 aliphatic rings. The van der Waals surface area contributed by atoms with E-state index in [1.54, 1.807) is 0 Å². The van der Waals surface area contributed by atoms with Crippen molar-refractivity contribution in [3.63, 3.8) is 0 Å². The molecule has 1 saturated heterocycles. The lowest BCUT2D eigenvalue weighted by Crippen LogP contribution is -2.53. The van der Waals surface area contributed by atoms with Gasteiger partial charge in [0.05, 0.1) is 0 Å². The standard InChI is InChI=1S/C22H28O3/c1-20-9-5-15(23)13-14(20)3-4-16-17(20)6-10-21(2)18(16)7-11-22(21)12-8-19(24)25-22/h3-4,13,16-18H,5-12H2,1-2H3/t16?,17?,18?,20-,21-,22-/m1/s1. The van der Waals surface area contributed by atoms with Crippen LogP contribution < -0.4 is 0 Å². The normalized spacial score (nSPS) is 51.0. The van der Waals surface area contributed by atoms with E-state index in [2.05, 4.69) is 26.0 Å². The molecule has 1 aliphatic heterocycles. The molecule has 6 atom stereocenters. The van der Waals surface area contributed by atoms with Crippen molar-refractivity contribution in [2.75, 3.05) is 0 Å². The number of fused-ring (bicyclic) bond motifs is 6. The van der Waals surface area contributed by atoms with E-state index in [1.807, 2.05) is 6.08 Å². The zero-order chi connectivity index (χ0) is 17.4. The predicted octanol–water partition coefficient (Wildman–Crippen LogP) is 4.37. The molecule has 134 valence electrons. The van der Waals surface area contributed by atoms with Crippen LogP contribution in [0.4, 0.5) is 0 Å². The van der Waals surface area contributed by atoms with Gasteiger partial charge in [0.25, 0.3) is 0 Å². The Bertz CT molecular complexity index is 719. The van der Waals surface area contributed by atoms with E-state index in [1.165, 1.54) is 18.4 Å². The first kappa shape index (κ1) is 15.8. The minimum atomic E-state index is -0.201. The maximum atomic E-state index is 11.9. The molecule has 4 aliphatic carbocycles. The van der Waals surface area contributed by atoms with E-state index in [0.29, 0.717) is 30.6 Å². The fraction of sp³-hybridized carbons (Fsp3) is 0.727. The molecule has 0 radical (unpaired) electrons. The summed E-state index contributed by atoms with van der Waals surface area (Å²) in [6.07, 6.45) is 14.3. The van der Waals surface area contributed by atoms with E-state index in [9.17, 15) is 9.59 Å². The van der Waals surface area contributed by atoms with Gasteiger partial charge < -0.3 is 4.74 Å². The van der Waals surface area contributed by atoms with Gasteiger partial charge in [0.15, 0.2) is 5.78 Å². The average Bonchev–Trinajstić information content (AvgIpc) is 3.10. The van der Waals surface area contributed by atoms with Crippen molar-refractivity contribution in [1.29, 1.82) is 0 Å². The first-order valence-corrected chi connectivity index (χ1v) is 10.0. The molecule has 1 spiro atoms. The summed E-state index contributed by atoms with van der Waals surface area (Å²) in [5.41, 5.74) is 1.32. The van der Waals surface area contributed by atoms with Crippen LogP contribution in [0.1, 0.15) is 65.2 Å². The van der Waals surface area contributed by atoms with Crippen LogP contribution in [0.2, 0.25) is 0 Å². The van der Waals surface area contributed by atoms with Crippen LogP contribution in [0.5, 0.6) is 0 Å². The molecule has 0 aromatic carbocycles. The zero-order valence-electron chi connectivity index (χ0n) is 15.3. The Labute approximate surface area is 149 Å². The fourth-order valence-electron chi connectivity index (χ4n) is 7.29. The van der Waals surface area contributed by atoms with Crippen LogP contribution >= 0.6 is 0 Å². The molecule has 3 fully saturated rings. The number of hydrogen-bond donors (Lipinski definition) is 0. The Morgan fingerprint density at radius 3 is 2.56 bits per heavy atom. The zero-order valence-corrected chi connectivity index (χ0v) is 15.3. The maximum Gasteiger partial charge on any atom is 0.306 e. The number of ether oxygens (including phenoxy) is 1. The first-order chi connectivity index (χ1) is 11.9. The Morgan fingerprint density at radius 1 is 1.00 bits per heavy atom. The van der Waals surface area contributed by atoms with Gasteiger partial charge in [-0.3, -0.25) is 9.59 Å². The molecule has 3 heteroatoms. The molecule has 5 rings (SSSR count). The molecular weight excluding hydrogens is 312 g/mol. The Kier molecular flexibility index (Phi) is 3.08. The summed E-state index contributed by atoms with van der Waals surface area (Å²) in [5.74, 6) is 2.08. The SMILES string of the molecule is C[C@@]12CCC(=O)C=C1C=CC1C2CC[C@]2(C)C1CC[C@@]21CCC(=O)O1. The van der Waals surface area contributed by atoms with Crippen molar-refractivity contribution in [2.24, 2.45) is 28.6 Å². The monoisotopic (exact) mass is 340 g/mol. The van der Waals surface area contributed by atoms with Gasteiger partial charge in [-0.15, -0.1) is 0 Å². The molecule has 0 amide bonds. The molecule has 0 aromatic rings. The number of allylic oxidation sites excluding steroid dienone is 4. The highest BCUT2D eigenvalue weighted by Crippen LogP contribution is 2.68. The molecule has 1 heterocycles. The lowest BCUT2D eigenvalue weighted by molar-refractivity contribution is -0.165. The second-order valence-corrected chi connectivity index (χ2v) is 9.60. The molecule has 0 aromatic heterocycles. The van der Waals surface area contributed by atoms with E-state index < -0.39 is 0 Å². The molecule has 25 heavy (non-hydrogen) atoms. The van der Waals surface area contributed by atoms with Crippen molar-refractivity contribution in [3.05, 3.63) is 23.8 Å². The summed E-state index contributed by atoms with van der Waals surface area (Å²) in [4.78, 5) is 23.8. The first-order valence-electron chi connectivity index (χ1n) is 10.0. The van der Waals surface area contributed by atoms with Gasteiger partial charge in [0, 0.05) is 18.3 Å². The third-order valence-electron chi connectivity index (χ3n) is 8.85. The molecular formula is C22H28O3. The number of esters is 1. The van der Waals surface area contributed by atoms with Gasteiger partial charge in [-0.25, -0.2) is 0 Å². The summed E-state index contributed by atoms with van der Waals surface area (Å²) in [6, 6.07) is 0. The van der Waals surface area contributed by atoms with Crippen LogP contribution in [0, 0.1) is 28.6 Å². The number of hydrogen-bond acceptors (Lipinski definition) is 3. The average molecular weight is 340 g/mol. The van der Waals surface area contributed by atoms with Crippen molar-refractivity contribution < 1.29 is 14.3 Å². The van der Waals surface area contributed by atoms with Gasteiger partial charge >= 0.3 is 5.97 Å². The quantitative estimate of drug-likeness (QED) is 0.615. The molecule has 0 bridgehead atoms. The van der Waals surface area contributed by atoms with Crippen LogP contribution in [-0.2, 0) is 14.3 Å². The highest BCUT2D eigenvalue weighted by molar-refractivity contribution is 5.92. The predicted molar refractivity (Wildman–Crippen MR) is 94.7 cm³/mol. The summed E-state index contributed by atoms with van der Waals surface area (Å²) in [5, 5.41) is 0. The van der Waals surface area contributed by atoms with Crippen molar-refractivity contribution in [2.45, 2.75) is 70.8 Å². The van der Waals surface area contributed by atoms with Gasteiger partial charge in [-0.1, -0.05) is 26.0 Å². The molecule has 0 N–H and O–H groups in total. The second kappa shape index (κ2) is 4.86. The number of ketones is 1. The van der Waals surface area contributed by atoms with E-state index in [-0.39, 0.29) is 28.2 Å². The summed E-state index contributed by atoms with van der Waals surface area (Å²) in [6.45, 7) is 4.78. The highest BCUT2D eigenvalue weighted by atomic mass is 16.6. The lowest BCUT2D eigenvalue weighted by Gasteiger charge is -2.57. The third-order valence-corrected chi connectivity index (χ3v) is 8.85. The number of carbonyl (C=O) groups is 2. The summed E-state index contributed by atoms with van der Waals surface area (Å²) in [7, 11) is 0. The van der Waals surface area contributed by atoms with Crippen LogP contribution in [-0.4, -0.2) is 17.4 Å². The summed E-state index contributed by atoms with van der Waals surface area (Å²) >= 11 is 0. The Morgan fingerprint density at radius 2 is 1.80 bits per heavy atom. The molecule has 3 unspecified atom stereocenters. The van der Waals surface area contributed by atoms with E-state index in [0.717, 1.165) is 25.7 Å². The van der Waals surface area contributed by atoms with Gasteiger partial charge in [-0.05, 0) is 73.3 Å². The fourth-order valence-corrected chi connectivity index (χ4v) is 7.29.